The van der Waals surface area contributed by atoms with Gasteiger partial charge in [-0.1, -0.05) is 20.8 Å². The molecular formula is C17H33N3O3S. The molecule has 7 heteroatoms. The van der Waals surface area contributed by atoms with Gasteiger partial charge in [-0.25, -0.2) is 13.2 Å². The lowest BCUT2D eigenvalue weighted by molar-refractivity contribution is 0.159. The Morgan fingerprint density at radius 3 is 2.17 bits per heavy atom. The quantitative estimate of drug-likeness (QED) is 0.811. The Labute approximate surface area is 146 Å². The van der Waals surface area contributed by atoms with Crippen molar-refractivity contribution in [3.8, 4) is 0 Å². The first-order chi connectivity index (χ1) is 11.3. The molecule has 0 aromatic carbocycles. The van der Waals surface area contributed by atoms with E-state index in [0.717, 1.165) is 32.5 Å². The molecule has 0 aromatic rings. The number of piperidine rings is 2. The van der Waals surface area contributed by atoms with E-state index in [1.807, 2.05) is 0 Å². The number of rotatable bonds is 5. The molecule has 0 saturated carbocycles. The number of carbonyl (C=O) groups excluding carboxylic acids is 1. The van der Waals surface area contributed by atoms with Gasteiger partial charge in [0.25, 0.3) is 0 Å². The molecule has 2 fully saturated rings. The lowest BCUT2D eigenvalue weighted by atomic mass is 10.0. The van der Waals surface area contributed by atoms with E-state index in [4.69, 9.17) is 0 Å². The molecule has 0 atom stereocenters. The SMILES string of the molecule is CCS(=O)(=O)C1CCN(C(=O)NC2CCN(CC(C)C)CC2)CC1. The number of likely N-dealkylation sites (tertiary alicyclic amines) is 2. The minimum atomic E-state index is -2.98. The number of nitrogens with zero attached hydrogens (tertiary/aromatic N) is 2. The van der Waals surface area contributed by atoms with Crippen LogP contribution in [0.4, 0.5) is 4.79 Å². The Balaban J connectivity index is 1.73. The molecular weight excluding hydrogens is 326 g/mol. The van der Waals surface area contributed by atoms with Crippen LogP contribution in [0.25, 0.3) is 0 Å². The van der Waals surface area contributed by atoms with Crippen LogP contribution in [0.5, 0.6) is 0 Å². The van der Waals surface area contributed by atoms with Crippen LogP contribution in [0.2, 0.25) is 0 Å². The average Bonchev–Trinajstić information content (AvgIpc) is 2.56. The van der Waals surface area contributed by atoms with Crippen LogP contribution >= 0.6 is 0 Å². The number of hydrogen-bond donors (Lipinski definition) is 1. The number of urea groups is 1. The van der Waals surface area contributed by atoms with Gasteiger partial charge in [0.1, 0.15) is 0 Å². The molecule has 0 radical (unpaired) electrons. The van der Waals surface area contributed by atoms with Gasteiger partial charge in [0, 0.05) is 44.5 Å². The molecule has 2 rings (SSSR count). The Kier molecular flexibility index (Phi) is 6.92. The van der Waals surface area contributed by atoms with Gasteiger partial charge in [-0.15, -0.1) is 0 Å². The van der Waals surface area contributed by atoms with Crippen molar-refractivity contribution >= 4 is 15.9 Å². The summed E-state index contributed by atoms with van der Waals surface area (Å²) in [6.07, 6.45) is 3.13. The minimum absolute atomic E-state index is 0.0235. The highest BCUT2D eigenvalue weighted by atomic mass is 32.2. The molecule has 24 heavy (non-hydrogen) atoms. The van der Waals surface area contributed by atoms with Crippen molar-refractivity contribution in [3.05, 3.63) is 0 Å². The van der Waals surface area contributed by atoms with Crippen molar-refractivity contribution in [2.45, 2.75) is 57.7 Å². The van der Waals surface area contributed by atoms with Gasteiger partial charge in [-0.3, -0.25) is 0 Å². The molecule has 2 aliphatic rings. The third-order valence-corrected chi connectivity index (χ3v) is 7.47. The van der Waals surface area contributed by atoms with Crippen LogP contribution in [0.3, 0.4) is 0 Å². The van der Waals surface area contributed by atoms with Gasteiger partial charge >= 0.3 is 6.03 Å². The summed E-state index contributed by atoms with van der Waals surface area (Å²) in [5, 5.41) is 2.87. The van der Waals surface area contributed by atoms with E-state index in [1.54, 1.807) is 11.8 Å². The van der Waals surface area contributed by atoms with Crippen molar-refractivity contribution in [2.75, 3.05) is 38.5 Å². The Bertz CT molecular complexity index is 505. The van der Waals surface area contributed by atoms with Crippen LogP contribution < -0.4 is 5.32 Å². The molecule has 0 bridgehead atoms. The fourth-order valence-corrected chi connectivity index (χ4v) is 5.10. The smallest absolute Gasteiger partial charge is 0.317 e. The summed E-state index contributed by atoms with van der Waals surface area (Å²) in [5.74, 6) is 0.871. The number of carbonyl (C=O) groups is 1. The highest BCUT2D eigenvalue weighted by Crippen LogP contribution is 2.19. The van der Waals surface area contributed by atoms with Crippen molar-refractivity contribution in [2.24, 2.45) is 5.92 Å². The number of amides is 2. The molecule has 0 aliphatic carbocycles. The van der Waals surface area contributed by atoms with E-state index in [2.05, 4.69) is 24.1 Å². The summed E-state index contributed by atoms with van der Waals surface area (Å²) in [5.41, 5.74) is 0. The first-order valence-electron chi connectivity index (χ1n) is 9.31. The molecule has 6 nitrogen and oxygen atoms in total. The van der Waals surface area contributed by atoms with Crippen LogP contribution in [0, 0.1) is 5.92 Å². The first-order valence-corrected chi connectivity index (χ1v) is 11.0. The monoisotopic (exact) mass is 359 g/mol. The van der Waals surface area contributed by atoms with Gasteiger partial charge in [-0.05, 0) is 31.6 Å². The molecule has 0 spiro atoms. The van der Waals surface area contributed by atoms with Crippen molar-refractivity contribution in [3.63, 3.8) is 0 Å². The number of nitrogens with one attached hydrogen (secondary N) is 1. The maximum Gasteiger partial charge on any atom is 0.317 e. The maximum absolute atomic E-state index is 12.4. The van der Waals surface area contributed by atoms with Crippen LogP contribution in [0.15, 0.2) is 0 Å². The summed E-state index contributed by atoms with van der Waals surface area (Å²) in [6, 6.07) is 0.225. The van der Waals surface area contributed by atoms with Crippen LogP contribution in [-0.4, -0.2) is 74.0 Å². The third kappa shape index (κ3) is 5.34. The van der Waals surface area contributed by atoms with Crippen molar-refractivity contribution in [1.82, 2.24) is 15.1 Å². The summed E-state index contributed by atoms with van der Waals surface area (Å²) in [7, 11) is -2.98. The number of hydrogen-bond acceptors (Lipinski definition) is 4. The zero-order valence-corrected chi connectivity index (χ0v) is 16.1. The summed E-state index contributed by atoms with van der Waals surface area (Å²) >= 11 is 0. The van der Waals surface area contributed by atoms with Crippen LogP contribution in [-0.2, 0) is 9.84 Å². The highest BCUT2D eigenvalue weighted by Gasteiger charge is 2.31. The molecule has 2 saturated heterocycles. The van der Waals surface area contributed by atoms with E-state index in [1.165, 1.54) is 0 Å². The lowest BCUT2D eigenvalue weighted by Gasteiger charge is -2.36. The molecule has 0 unspecified atom stereocenters. The van der Waals surface area contributed by atoms with E-state index in [9.17, 15) is 13.2 Å². The molecule has 0 aromatic heterocycles. The van der Waals surface area contributed by atoms with Gasteiger partial charge in [-0.2, -0.15) is 0 Å². The topological polar surface area (TPSA) is 69.7 Å². The van der Waals surface area contributed by atoms with Crippen molar-refractivity contribution in [1.29, 1.82) is 0 Å². The molecule has 2 heterocycles. The zero-order valence-electron chi connectivity index (χ0n) is 15.3. The average molecular weight is 360 g/mol. The first kappa shape index (κ1) is 19.5. The van der Waals surface area contributed by atoms with E-state index in [-0.39, 0.29) is 23.1 Å². The van der Waals surface area contributed by atoms with E-state index >= 15 is 0 Å². The van der Waals surface area contributed by atoms with Crippen molar-refractivity contribution < 1.29 is 13.2 Å². The summed E-state index contributed by atoms with van der Waals surface area (Å²) < 4.78 is 23.9. The van der Waals surface area contributed by atoms with E-state index < -0.39 is 9.84 Å². The molecule has 2 aliphatic heterocycles. The highest BCUT2D eigenvalue weighted by molar-refractivity contribution is 7.92. The Morgan fingerprint density at radius 2 is 1.67 bits per heavy atom. The maximum atomic E-state index is 12.4. The second-order valence-electron chi connectivity index (χ2n) is 7.56. The van der Waals surface area contributed by atoms with Crippen LogP contribution in [0.1, 0.15) is 46.5 Å². The predicted octanol–water partition coefficient (Wildman–Crippen LogP) is 1.72. The molecule has 1 N–H and O–H groups in total. The van der Waals surface area contributed by atoms with Gasteiger partial charge in [0.15, 0.2) is 9.84 Å². The molecule has 2 amide bonds. The Hall–Kier alpha value is -0.820. The molecule has 140 valence electrons. The van der Waals surface area contributed by atoms with E-state index in [0.29, 0.717) is 31.8 Å². The zero-order chi connectivity index (χ0) is 17.7. The fraction of sp³-hybridized carbons (Fsp3) is 0.941. The van der Waals surface area contributed by atoms with Gasteiger partial charge in [0.2, 0.25) is 0 Å². The predicted molar refractivity (Wildman–Crippen MR) is 96.9 cm³/mol. The largest absolute Gasteiger partial charge is 0.335 e. The Morgan fingerprint density at radius 1 is 1.08 bits per heavy atom. The summed E-state index contributed by atoms with van der Waals surface area (Å²) in [6.45, 7) is 10.5. The fourth-order valence-electron chi connectivity index (χ4n) is 3.70. The third-order valence-electron chi connectivity index (χ3n) is 5.18. The second kappa shape index (κ2) is 8.52. The second-order valence-corrected chi connectivity index (χ2v) is 10.1. The standard InChI is InChI=1S/C17H33N3O3S/c1-4-24(22,23)16-7-11-20(12-8-16)17(21)18-15-5-9-19(10-6-15)13-14(2)3/h14-16H,4-13H2,1-3H3,(H,18,21). The summed E-state index contributed by atoms with van der Waals surface area (Å²) in [4.78, 5) is 16.6. The van der Waals surface area contributed by atoms with Gasteiger partial charge in [0.05, 0.1) is 5.25 Å². The number of sulfone groups is 1. The lowest BCUT2D eigenvalue weighted by Crippen LogP contribution is -2.52. The minimum Gasteiger partial charge on any atom is -0.335 e. The normalized spacial score (nSPS) is 22.1. The van der Waals surface area contributed by atoms with Gasteiger partial charge < -0.3 is 15.1 Å².